The molecule has 1 aliphatic heterocycles. The molecule has 2 aliphatic rings. The summed E-state index contributed by atoms with van der Waals surface area (Å²) in [6.07, 6.45) is 5.58. The number of piperidine rings is 1. The van der Waals surface area contributed by atoms with Gasteiger partial charge in [0.25, 0.3) is 0 Å². The zero-order valence-corrected chi connectivity index (χ0v) is 10.2. The van der Waals surface area contributed by atoms with E-state index in [1.165, 1.54) is 25.7 Å². The molecule has 0 bridgehead atoms. The van der Waals surface area contributed by atoms with Gasteiger partial charge in [0.1, 0.15) is 0 Å². The molecule has 0 spiro atoms. The van der Waals surface area contributed by atoms with Gasteiger partial charge in [0.2, 0.25) is 0 Å². The predicted octanol–water partition coefficient (Wildman–Crippen LogP) is 1.97. The Bertz CT molecular complexity index is 232. The van der Waals surface area contributed by atoms with E-state index in [9.17, 15) is 4.79 Å². The van der Waals surface area contributed by atoms with Gasteiger partial charge >= 0.3 is 5.97 Å². The third kappa shape index (κ3) is 3.78. The number of rotatable bonds is 5. The van der Waals surface area contributed by atoms with Crippen LogP contribution in [0.4, 0.5) is 0 Å². The molecule has 3 heteroatoms. The molecule has 2 fully saturated rings. The molecule has 92 valence electrons. The Balaban J connectivity index is 1.63. The molecular formula is C13H23NO2. The molecule has 1 heterocycles. The Morgan fingerprint density at radius 1 is 1.44 bits per heavy atom. The molecule has 1 N–H and O–H groups in total. The smallest absolute Gasteiger partial charge is 0.306 e. The summed E-state index contributed by atoms with van der Waals surface area (Å²) in [5.41, 5.74) is 0. The Morgan fingerprint density at radius 3 is 2.88 bits per heavy atom. The third-order valence-corrected chi connectivity index (χ3v) is 3.81. The van der Waals surface area contributed by atoms with Crippen molar-refractivity contribution >= 4 is 5.97 Å². The van der Waals surface area contributed by atoms with Crippen LogP contribution in [0.2, 0.25) is 0 Å². The van der Waals surface area contributed by atoms with Crippen molar-refractivity contribution in [1.29, 1.82) is 0 Å². The van der Waals surface area contributed by atoms with E-state index in [4.69, 9.17) is 4.74 Å². The number of carbonyl (C=O) groups is 1. The molecule has 16 heavy (non-hydrogen) atoms. The molecule has 2 rings (SSSR count). The summed E-state index contributed by atoms with van der Waals surface area (Å²) in [4.78, 5) is 11.6. The lowest BCUT2D eigenvalue weighted by molar-refractivity contribution is -0.145. The third-order valence-electron chi connectivity index (χ3n) is 3.81. The van der Waals surface area contributed by atoms with Crippen LogP contribution in [0.5, 0.6) is 0 Å². The van der Waals surface area contributed by atoms with Gasteiger partial charge in [-0.2, -0.15) is 0 Å². The fourth-order valence-electron chi connectivity index (χ4n) is 2.35. The highest BCUT2D eigenvalue weighted by molar-refractivity contribution is 5.69. The second-order valence-electron chi connectivity index (χ2n) is 5.41. The first-order valence-corrected chi connectivity index (χ1v) is 6.62. The summed E-state index contributed by atoms with van der Waals surface area (Å²) in [5, 5.41) is 3.40. The summed E-state index contributed by atoms with van der Waals surface area (Å²) in [6.45, 7) is 5.04. The molecule has 2 atom stereocenters. The summed E-state index contributed by atoms with van der Waals surface area (Å²) in [6, 6.07) is 0. The van der Waals surface area contributed by atoms with E-state index in [0.717, 1.165) is 13.1 Å². The van der Waals surface area contributed by atoms with E-state index in [2.05, 4.69) is 12.2 Å². The Labute approximate surface area is 97.9 Å². The topological polar surface area (TPSA) is 38.3 Å². The number of carbonyl (C=O) groups excluding carboxylic acids is 1. The van der Waals surface area contributed by atoms with E-state index in [1.54, 1.807) is 0 Å². The van der Waals surface area contributed by atoms with E-state index in [-0.39, 0.29) is 5.97 Å². The van der Waals surface area contributed by atoms with Gasteiger partial charge < -0.3 is 10.1 Å². The van der Waals surface area contributed by atoms with Crippen LogP contribution in [-0.2, 0) is 9.53 Å². The SMILES string of the molecule is CC(CC(=O)OCC1CC1)C1CCCNC1. The van der Waals surface area contributed by atoms with Crippen molar-refractivity contribution in [2.45, 2.75) is 39.0 Å². The molecule has 1 saturated carbocycles. The van der Waals surface area contributed by atoms with Crippen molar-refractivity contribution in [2.75, 3.05) is 19.7 Å². The monoisotopic (exact) mass is 225 g/mol. The van der Waals surface area contributed by atoms with E-state index in [1.807, 2.05) is 0 Å². The zero-order chi connectivity index (χ0) is 11.4. The van der Waals surface area contributed by atoms with Crippen molar-refractivity contribution in [1.82, 2.24) is 5.32 Å². The van der Waals surface area contributed by atoms with E-state index >= 15 is 0 Å². The second-order valence-corrected chi connectivity index (χ2v) is 5.41. The first-order valence-electron chi connectivity index (χ1n) is 6.62. The number of nitrogens with one attached hydrogen (secondary N) is 1. The summed E-state index contributed by atoms with van der Waals surface area (Å²) < 4.78 is 5.27. The van der Waals surface area contributed by atoms with Crippen molar-refractivity contribution in [3.05, 3.63) is 0 Å². The Kier molecular flexibility index (Phi) is 4.22. The van der Waals surface area contributed by atoms with Crippen LogP contribution in [0.25, 0.3) is 0 Å². The Hall–Kier alpha value is -0.570. The fraction of sp³-hybridized carbons (Fsp3) is 0.923. The van der Waals surface area contributed by atoms with Gasteiger partial charge in [-0.3, -0.25) is 4.79 Å². The van der Waals surface area contributed by atoms with Gasteiger partial charge in [-0.25, -0.2) is 0 Å². The maximum atomic E-state index is 11.6. The lowest BCUT2D eigenvalue weighted by atomic mass is 9.85. The van der Waals surface area contributed by atoms with Crippen LogP contribution in [0, 0.1) is 17.8 Å². The van der Waals surface area contributed by atoms with Crippen molar-refractivity contribution in [3.8, 4) is 0 Å². The van der Waals surface area contributed by atoms with Crippen LogP contribution < -0.4 is 5.32 Å². The molecule has 0 aromatic rings. The largest absolute Gasteiger partial charge is 0.465 e. The zero-order valence-electron chi connectivity index (χ0n) is 10.2. The molecule has 0 radical (unpaired) electrons. The summed E-state index contributed by atoms with van der Waals surface area (Å²) in [5.74, 6) is 1.79. The van der Waals surface area contributed by atoms with Crippen molar-refractivity contribution in [3.63, 3.8) is 0 Å². The van der Waals surface area contributed by atoms with Gasteiger partial charge in [0.05, 0.1) is 6.61 Å². The highest BCUT2D eigenvalue weighted by Crippen LogP contribution is 2.29. The van der Waals surface area contributed by atoms with Crippen LogP contribution in [-0.4, -0.2) is 25.7 Å². The molecule has 3 nitrogen and oxygen atoms in total. The number of esters is 1. The van der Waals surface area contributed by atoms with E-state index in [0.29, 0.717) is 30.8 Å². The maximum Gasteiger partial charge on any atom is 0.306 e. The van der Waals surface area contributed by atoms with Crippen LogP contribution in [0.15, 0.2) is 0 Å². The molecule has 1 saturated heterocycles. The highest BCUT2D eigenvalue weighted by Gasteiger charge is 2.25. The van der Waals surface area contributed by atoms with Gasteiger partial charge in [-0.1, -0.05) is 6.92 Å². The molecule has 0 amide bonds. The molecule has 1 aliphatic carbocycles. The molecule has 2 unspecified atom stereocenters. The maximum absolute atomic E-state index is 11.6. The minimum Gasteiger partial charge on any atom is -0.465 e. The summed E-state index contributed by atoms with van der Waals surface area (Å²) >= 11 is 0. The second kappa shape index (κ2) is 5.67. The average Bonchev–Trinajstić information content (AvgIpc) is 3.11. The number of hydrogen-bond acceptors (Lipinski definition) is 3. The minimum absolute atomic E-state index is 0.00461. The molecular weight excluding hydrogens is 202 g/mol. The fourth-order valence-corrected chi connectivity index (χ4v) is 2.35. The predicted molar refractivity (Wildman–Crippen MR) is 63.1 cm³/mol. The average molecular weight is 225 g/mol. The van der Waals surface area contributed by atoms with Gasteiger partial charge in [0, 0.05) is 6.42 Å². The normalized spacial score (nSPS) is 27.4. The van der Waals surface area contributed by atoms with Crippen molar-refractivity contribution in [2.24, 2.45) is 17.8 Å². The van der Waals surface area contributed by atoms with Gasteiger partial charge in [-0.15, -0.1) is 0 Å². The lowest BCUT2D eigenvalue weighted by Gasteiger charge is -2.27. The Morgan fingerprint density at radius 2 is 2.25 bits per heavy atom. The van der Waals surface area contributed by atoms with Crippen LogP contribution in [0.3, 0.4) is 0 Å². The lowest BCUT2D eigenvalue weighted by Crippen LogP contribution is -2.34. The first kappa shape index (κ1) is 11.9. The quantitative estimate of drug-likeness (QED) is 0.727. The number of hydrogen-bond donors (Lipinski definition) is 1. The van der Waals surface area contributed by atoms with Crippen molar-refractivity contribution < 1.29 is 9.53 Å². The highest BCUT2D eigenvalue weighted by atomic mass is 16.5. The van der Waals surface area contributed by atoms with E-state index < -0.39 is 0 Å². The summed E-state index contributed by atoms with van der Waals surface area (Å²) in [7, 11) is 0. The number of ether oxygens (including phenoxy) is 1. The van der Waals surface area contributed by atoms with Gasteiger partial charge in [0.15, 0.2) is 0 Å². The standard InChI is InChI=1S/C13H23NO2/c1-10(12-3-2-6-14-8-12)7-13(15)16-9-11-4-5-11/h10-12,14H,2-9H2,1H3. The first-order chi connectivity index (χ1) is 7.75. The van der Waals surface area contributed by atoms with Gasteiger partial charge in [-0.05, 0) is 56.5 Å². The minimum atomic E-state index is 0.00461. The molecule has 0 aromatic heterocycles. The van der Waals surface area contributed by atoms with Crippen LogP contribution >= 0.6 is 0 Å². The molecule has 0 aromatic carbocycles. The van der Waals surface area contributed by atoms with Crippen LogP contribution in [0.1, 0.15) is 39.0 Å².